The van der Waals surface area contributed by atoms with Gasteiger partial charge in [0.25, 0.3) is 5.56 Å². The summed E-state index contributed by atoms with van der Waals surface area (Å²) in [6.45, 7) is 8.96. The molecule has 0 amide bonds. The molecule has 2 aromatic heterocycles. The molecule has 34 heavy (non-hydrogen) atoms. The largest absolute Gasteiger partial charge is 0.497 e. The second kappa shape index (κ2) is 9.78. The van der Waals surface area contributed by atoms with Gasteiger partial charge in [-0.25, -0.2) is 4.98 Å². The molecule has 1 atom stereocenters. The number of benzene rings is 2. The minimum atomic E-state index is 0.0170. The molecule has 0 fully saturated rings. The van der Waals surface area contributed by atoms with Crippen LogP contribution >= 0.6 is 23.1 Å². The topological polar surface area (TPSA) is 48.6 Å². The van der Waals surface area contributed by atoms with Crippen molar-refractivity contribution in [2.24, 2.45) is 0 Å². The number of quaternary nitrogens is 1. The first-order chi connectivity index (χ1) is 16.5. The summed E-state index contributed by atoms with van der Waals surface area (Å²) in [6.07, 6.45) is 0.898. The average molecular weight is 491 g/mol. The highest BCUT2D eigenvalue weighted by atomic mass is 32.2. The number of fused-ring (bicyclic) bond motifs is 3. The predicted octanol–water partition coefficient (Wildman–Crippen LogP) is 4.27. The summed E-state index contributed by atoms with van der Waals surface area (Å²) >= 11 is 3.25. The van der Waals surface area contributed by atoms with Crippen molar-refractivity contribution in [2.45, 2.75) is 31.6 Å². The highest BCUT2D eigenvalue weighted by Crippen LogP contribution is 2.32. The van der Waals surface area contributed by atoms with E-state index in [2.05, 4.69) is 36.9 Å². The van der Waals surface area contributed by atoms with Gasteiger partial charge in [0.2, 0.25) is 0 Å². The molecule has 5 nitrogen and oxygen atoms in total. The average Bonchev–Trinajstić information content (AvgIpc) is 3.21. The zero-order valence-corrected chi connectivity index (χ0v) is 21.1. The van der Waals surface area contributed by atoms with Gasteiger partial charge in [-0.3, -0.25) is 9.36 Å². The molecule has 1 unspecified atom stereocenters. The Morgan fingerprint density at radius 3 is 2.68 bits per heavy atom. The molecule has 5 rings (SSSR count). The first kappa shape index (κ1) is 22.9. The Bertz CT molecular complexity index is 1390. The number of methoxy groups -OCH3 is 1. The van der Waals surface area contributed by atoms with Crippen molar-refractivity contribution in [3.05, 3.63) is 93.1 Å². The zero-order valence-electron chi connectivity index (χ0n) is 19.5. The highest BCUT2D eigenvalue weighted by molar-refractivity contribution is 7.99. The number of nitrogens with zero attached hydrogens (tertiary/aromatic N) is 2. The van der Waals surface area contributed by atoms with Gasteiger partial charge in [0, 0.05) is 17.7 Å². The van der Waals surface area contributed by atoms with Gasteiger partial charge in [-0.2, -0.15) is 0 Å². The second-order valence-electron chi connectivity index (χ2n) is 8.75. The van der Waals surface area contributed by atoms with Gasteiger partial charge in [-0.1, -0.05) is 54.2 Å². The van der Waals surface area contributed by atoms with Crippen LogP contribution in [0.3, 0.4) is 0 Å². The van der Waals surface area contributed by atoms with Gasteiger partial charge in [-0.05, 0) is 36.8 Å². The van der Waals surface area contributed by atoms with Crippen LogP contribution in [0.1, 0.15) is 22.9 Å². The lowest BCUT2D eigenvalue weighted by Crippen LogP contribution is -3.10. The molecule has 4 aromatic rings. The lowest BCUT2D eigenvalue weighted by molar-refractivity contribution is -0.929. The molecule has 0 saturated carbocycles. The first-order valence-corrected chi connectivity index (χ1v) is 13.2. The third-order valence-corrected chi connectivity index (χ3v) is 8.39. The third-order valence-electron chi connectivity index (χ3n) is 6.09. The molecular weight excluding hydrogens is 462 g/mol. The maximum atomic E-state index is 13.9. The zero-order chi connectivity index (χ0) is 23.7. The van der Waals surface area contributed by atoms with Crippen LogP contribution in [0.15, 0.2) is 76.7 Å². The lowest BCUT2D eigenvalue weighted by atomic mass is 10.0. The molecule has 0 radical (unpaired) electrons. The number of hydrogen-bond acceptors (Lipinski definition) is 5. The standard InChI is InChI=1S/C27H27N3O2S2/c1-18(2)17-33-27-28-25-24(26(31)30(27)20-9-11-21(32-3)12-10-20)22-13-14-29(16-23(22)34-25)15-19-7-5-4-6-8-19/h4-12H,1,13-17H2,2-3H3/p+1. The van der Waals surface area contributed by atoms with Crippen LogP contribution in [-0.4, -0.2) is 29.0 Å². The summed E-state index contributed by atoms with van der Waals surface area (Å²) in [5.74, 6) is 1.48. The van der Waals surface area contributed by atoms with Crippen molar-refractivity contribution < 1.29 is 9.64 Å². The van der Waals surface area contributed by atoms with E-state index < -0.39 is 0 Å². The van der Waals surface area contributed by atoms with Gasteiger partial charge >= 0.3 is 0 Å². The van der Waals surface area contributed by atoms with Crippen LogP contribution in [0, 0.1) is 0 Å². The van der Waals surface area contributed by atoms with Crippen molar-refractivity contribution in [3.8, 4) is 11.4 Å². The van der Waals surface area contributed by atoms with E-state index in [0.717, 1.165) is 53.3 Å². The molecule has 0 spiro atoms. The molecule has 2 aromatic carbocycles. The van der Waals surface area contributed by atoms with Crippen molar-refractivity contribution in [1.82, 2.24) is 9.55 Å². The molecule has 1 aliphatic rings. The van der Waals surface area contributed by atoms with Crippen molar-refractivity contribution >= 4 is 33.3 Å². The fourth-order valence-corrected chi connectivity index (χ4v) is 6.62. The Morgan fingerprint density at radius 2 is 1.97 bits per heavy atom. The monoisotopic (exact) mass is 490 g/mol. The third kappa shape index (κ3) is 4.56. The summed E-state index contributed by atoms with van der Waals surface area (Å²) in [7, 11) is 1.64. The first-order valence-electron chi connectivity index (χ1n) is 11.4. The molecule has 3 heterocycles. The van der Waals surface area contributed by atoms with Gasteiger partial charge in [0.15, 0.2) is 5.16 Å². The van der Waals surface area contributed by atoms with Crippen LogP contribution in [0.4, 0.5) is 0 Å². The number of thiophene rings is 1. The van der Waals surface area contributed by atoms with Crippen molar-refractivity contribution in [3.63, 3.8) is 0 Å². The molecule has 1 aliphatic heterocycles. The van der Waals surface area contributed by atoms with Crippen LogP contribution in [0.25, 0.3) is 15.9 Å². The Hall–Kier alpha value is -2.87. The normalized spacial score (nSPS) is 15.3. The van der Waals surface area contributed by atoms with E-state index in [-0.39, 0.29) is 5.56 Å². The van der Waals surface area contributed by atoms with E-state index in [1.54, 1.807) is 34.8 Å². The van der Waals surface area contributed by atoms with Gasteiger partial charge < -0.3 is 9.64 Å². The molecule has 0 bridgehead atoms. The summed E-state index contributed by atoms with van der Waals surface area (Å²) in [5, 5.41) is 1.49. The number of thioether (sulfide) groups is 1. The molecular formula is C27H28N3O2S2+. The van der Waals surface area contributed by atoms with E-state index in [9.17, 15) is 4.79 Å². The minimum absolute atomic E-state index is 0.0170. The minimum Gasteiger partial charge on any atom is -0.497 e. The maximum absolute atomic E-state index is 13.9. The Labute approximate surface area is 207 Å². The van der Waals surface area contributed by atoms with E-state index in [1.165, 1.54) is 20.9 Å². The van der Waals surface area contributed by atoms with E-state index in [1.807, 2.05) is 31.2 Å². The quantitative estimate of drug-likeness (QED) is 0.239. The smallest absolute Gasteiger partial charge is 0.267 e. The summed E-state index contributed by atoms with van der Waals surface area (Å²) in [4.78, 5) is 22.6. The maximum Gasteiger partial charge on any atom is 0.267 e. The van der Waals surface area contributed by atoms with Crippen LogP contribution < -0.4 is 15.2 Å². The fourth-order valence-electron chi connectivity index (χ4n) is 4.44. The van der Waals surface area contributed by atoms with Crippen LogP contribution in [0.2, 0.25) is 0 Å². The number of nitrogens with one attached hydrogen (secondary N) is 1. The SMILES string of the molecule is C=C(C)CSc1nc2sc3c(c2c(=O)n1-c1ccc(OC)cc1)CC[NH+](Cc1ccccc1)C3. The fraction of sp³-hybridized carbons (Fsp3) is 0.259. The Kier molecular flexibility index (Phi) is 6.59. The van der Waals surface area contributed by atoms with Crippen molar-refractivity contribution in [2.75, 3.05) is 19.4 Å². The predicted molar refractivity (Wildman–Crippen MR) is 141 cm³/mol. The van der Waals surface area contributed by atoms with Crippen LogP contribution in [0.5, 0.6) is 5.75 Å². The van der Waals surface area contributed by atoms with Crippen LogP contribution in [-0.2, 0) is 19.5 Å². The summed E-state index contributed by atoms with van der Waals surface area (Å²) in [5.41, 5.74) is 4.40. The number of rotatable bonds is 7. The van der Waals surface area contributed by atoms with E-state index >= 15 is 0 Å². The summed E-state index contributed by atoms with van der Waals surface area (Å²) in [6, 6.07) is 18.2. The number of aromatic nitrogens is 2. The Morgan fingerprint density at radius 1 is 1.21 bits per heavy atom. The Balaban J connectivity index is 1.56. The van der Waals surface area contributed by atoms with Gasteiger partial charge in [0.05, 0.1) is 29.6 Å². The number of hydrogen-bond donors (Lipinski definition) is 1. The lowest BCUT2D eigenvalue weighted by Gasteiger charge is -2.24. The highest BCUT2D eigenvalue weighted by Gasteiger charge is 2.27. The van der Waals surface area contributed by atoms with Gasteiger partial charge in [0.1, 0.15) is 23.7 Å². The molecule has 1 N–H and O–H groups in total. The van der Waals surface area contributed by atoms with E-state index in [0.29, 0.717) is 10.9 Å². The molecule has 174 valence electrons. The molecule has 0 aliphatic carbocycles. The molecule has 0 saturated heterocycles. The van der Waals surface area contributed by atoms with E-state index in [4.69, 9.17) is 9.72 Å². The van der Waals surface area contributed by atoms with Crippen molar-refractivity contribution in [1.29, 1.82) is 0 Å². The number of ether oxygens (including phenoxy) is 1. The van der Waals surface area contributed by atoms with Gasteiger partial charge in [-0.15, -0.1) is 11.3 Å². The second-order valence-corrected chi connectivity index (χ2v) is 10.8. The molecule has 7 heteroatoms. The summed E-state index contributed by atoms with van der Waals surface area (Å²) < 4.78 is 7.06.